The first-order chi connectivity index (χ1) is 7.18. The monoisotopic (exact) mass is 245 g/mol. The smallest absolute Gasteiger partial charge is 0.139 e. The number of halogens is 2. The summed E-state index contributed by atoms with van der Waals surface area (Å²) in [7, 11) is 0. The van der Waals surface area contributed by atoms with Gasteiger partial charge in [-0.2, -0.15) is 0 Å². The van der Waals surface area contributed by atoms with Gasteiger partial charge in [-0.05, 0) is 31.5 Å². The number of hydrogen-bond donors (Lipinski definition) is 2. The quantitative estimate of drug-likeness (QED) is 0.794. The molecular formula is C11H13Cl2NO. The van der Waals surface area contributed by atoms with Gasteiger partial charge in [0.15, 0.2) is 0 Å². The molecule has 1 aliphatic heterocycles. The maximum atomic E-state index is 9.84. The molecule has 0 aliphatic carbocycles. The second-order valence-electron chi connectivity index (χ2n) is 3.83. The highest BCUT2D eigenvalue weighted by Gasteiger charge is 2.19. The van der Waals surface area contributed by atoms with Crippen molar-refractivity contribution in [3.8, 4) is 5.75 Å². The highest BCUT2D eigenvalue weighted by Crippen LogP contribution is 2.37. The van der Waals surface area contributed by atoms with Crippen LogP contribution in [0.5, 0.6) is 5.75 Å². The molecule has 15 heavy (non-hydrogen) atoms. The van der Waals surface area contributed by atoms with Crippen molar-refractivity contribution in [1.82, 2.24) is 5.32 Å². The van der Waals surface area contributed by atoms with Crippen LogP contribution in [0.25, 0.3) is 0 Å². The Balaban J connectivity index is 2.33. The molecule has 1 heterocycles. The third-order valence-electron chi connectivity index (χ3n) is 2.74. The summed E-state index contributed by atoms with van der Waals surface area (Å²) in [6.07, 6.45) is 3.37. The molecule has 0 unspecified atom stereocenters. The molecule has 2 N–H and O–H groups in total. The van der Waals surface area contributed by atoms with Gasteiger partial charge < -0.3 is 10.4 Å². The average Bonchev–Trinajstić information content (AvgIpc) is 2.24. The first-order valence-corrected chi connectivity index (χ1v) is 5.85. The second kappa shape index (κ2) is 4.60. The first kappa shape index (κ1) is 11.1. The van der Waals surface area contributed by atoms with E-state index in [1.54, 1.807) is 12.1 Å². The Hall–Kier alpha value is -0.440. The van der Waals surface area contributed by atoms with E-state index >= 15 is 0 Å². The van der Waals surface area contributed by atoms with Gasteiger partial charge in [0.25, 0.3) is 0 Å². The number of piperidine rings is 1. The van der Waals surface area contributed by atoms with Gasteiger partial charge in [-0.15, -0.1) is 0 Å². The van der Waals surface area contributed by atoms with E-state index in [2.05, 4.69) is 5.32 Å². The molecule has 1 saturated heterocycles. The zero-order valence-corrected chi connectivity index (χ0v) is 9.78. The highest BCUT2D eigenvalue weighted by atomic mass is 35.5. The molecular weight excluding hydrogens is 233 g/mol. The van der Waals surface area contributed by atoms with Crippen molar-refractivity contribution in [3.63, 3.8) is 0 Å². The van der Waals surface area contributed by atoms with Crippen LogP contribution >= 0.6 is 23.2 Å². The van der Waals surface area contributed by atoms with E-state index in [9.17, 15) is 5.11 Å². The van der Waals surface area contributed by atoms with Gasteiger partial charge in [0.1, 0.15) is 5.75 Å². The Kier molecular flexibility index (Phi) is 3.39. The van der Waals surface area contributed by atoms with Crippen molar-refractivity contribution in [1.29, 1.82) is 0 Å². The van der Waals surface area contributed by atoms with Crippen molar-refractivity contribution in [2.24, 2.45) is 0 Å². The standard InChI is InChI=1S/C11H13Cl2NO/c12-7-5-8(11(15)9(13)6-7)10-3-1-2-4-14-10/h5-6,10,14-15H,1-4H2/t10-/m0/s1. The number of hydrogen-bond acceptors (Lipinski definition) is 2. The van der Waals surface area contributed by atoms with Crippen LogP contribution in [-0.4, -0.2) is 11.7 Å². The molecule has 0 saturated carbocycles. The molecule has 0 spiro atoms. The maximum Gasteiger partial charge on any atom is 0.139 e. The van der Waals surface area contributed by atoms with Crippen LogP contribution in [0, 0.1) is 0 Å². The molecule has 1 atom stereocenters. The number of aromatic hydroxyl groups is 1. The van der Waals surface area contributed by atoms with E-state index in [1.807, 2.05) is 0 Å². The van der Waals surface area contributed by atoms with Crippen LogP contribution in [0.3, 0.4) is 0 Å². The normalized spacial score (nSPS) is 21.6. The second-order valence-corrected chi connectivity index (χ2v) is 4.67. The van der Waals surface area contributed by atoms with Crippen molar-refractivity contribution in [3.05, 3.63) is 27.7 Å². The Labute approximate surface area is 99.2 Å². The molecule has 0 radical (unpaired) electrons. The van der Waals surface area contributed by atoms with Gasteiger partial charge in [-0.25, -0.2) is 0 Å². The van der Waals surface area contributed by atoms with Crippen LogP contribution < -0.4 is 5.32 Å². The number of phenols is 1. The lowest BCUT2D eigenvalue weighted by atomic mass is 9.97. The van der Waals surface area contributed by atoms with E-state index in [0.717, 1.165) is 18.5 Å². The number of rotatable bonds is 1. The summed E-state index contributed by atoms with van der Waals surface area (Å²) in [6, 6.07) is 3.52. The fourth-order valence-electron chi connectivity index (χ4n) is 1.97. The lowest BCUT2D eigenvalue weighted by molar-refractivity contribution is 0.391. The van der Waals surface area contributed by atoms with E-state index in [-0.39, 0.29) is 11.8 Å². The van der Waals surface area contributed by atoms with Crippen LogP contribution in [0.4, 0.5) is 0 Å². The van der Waals surface area contributed by atoms with Gasteiger partial charge in [0.2, 0.25) is 0 Å². The molecule has 4 heteroatoms. The first-order valence-electron chi connectivity index (χ1n) is 5.10. The van der Waals surface area contributed by atoms with Gasteiger partial charge >= 0.3 is 0 Å². The van der Waals surface area contributed by atoms with Crippen molar-refractivity contribution in [2.45, 2.75) is 25.3 Å². The minimum atomic E-state index is 0.153. The molecule has 1 aromatic carbocycles. The van der Waals surface area contributed by atoms with Crippen LogP contribution in [-0.2, 0) is 0 Å². The van der Waals surface area contributed by atoms with Gasteiger partial charge in [-0.1, -0.05) is 29.6 Å². The summed E-state index contributed by atoms with van der Waals surface area (Å²) in [5, 5.41) is 14.1. The third kappa shape index (κ3) is 2.39. The summed E-state index contributed by atoms with van der Waals surface area (Å²) in [5.41, 5.74) is 0.812. The molecule has 2 nitrogen and oxygen atoms in total. The molecule has 1 aromatic rings. The lowest BCUT2D eigenvalue weighted by Crippen LogP contribution is -2.26. The molecule has 2 rings (SSSR count). The summed E-state index contributed by atoms with van der Waals surface area (Å²) in [5.74, 6) is 0.153. The minimum absolute atomic E-state index is 0.153. The predicted octanol–water partition coefficient (Wildman–Crippen LogP) is 3.51. The SMILES string of the molecule is Oc1c(Cl)cc(Cl)cc1[C@@H]1CCCCN1. The zero-order chi connectivity index (χ0) is 10.8. The van der Waals surface area contributed by atoms with Crippen molar-refractivity contribution < 1.29 is 5.11 Å². The summed E-state index contributed by atoms with van der Waals surface area (Å²) < 4.78 is 0. The van der Waals surface area contributed by atoms with Crippen LogP contribution in [0.1, 0.15) is 30.9 Å². The van der Waals surface area contributed by atoms with Crippen LogP contribution in [0.15, 0.2) is 12.1 Å². The summed E-state index contributed by atoms with van der Waals surface area (Å²) in [4.78, 5) is 0. The number of phenolic OH excluding ortho intramolecular Hbond substituents is 1. The third-order valence-corrected chi connectivity index (χ3v) is 3.25. The fourth-order valence-corrected chi connectivity index (χ4v) is 2.48. The zero-order valence-electron chi connectivity index (χ0n) is 8.26. The van der Waals surface area contributed by atoms with Crippen molar-refractivity contribution >= 4 is 23.2 Å². The molecule has 0 bridgehead atoms. The van der Waals surface area contributed by atoms with E-state index < -0.39 is 0 Å². The largest absolute Gasteiger partial charge is 0.506 e. The van der Waals surface area contributed by atoms with E-state index in [0.29, 0.717) is 10.0 Å². The Morgan fingerprint density at radius 3 is 2.73 bits per heavy atom. The fraction of sp³-hybridized carbons (Fsp3) is 0.455. The summed E-state index contributed by atoms with van der Waals surface area (Å²) >= 11 is 11.8. The number of nitrogens with one attached hydrogen (secondary N) is 1. The molecule has 82 valence electrons. The molecule has 1 fully saturated rings. The summed E-state index contributed by atoms with van der Waals surface area (Å²) in [6.45, 7) is 0.980. The average molecular weight is 246 g/mol. The van der Waals surface area contributed by atoms with Gasteiger partial charge in [-0.3, -0.25) is 0 Å². The molecule has 0 amide bonds. The molecule has 0 aromatic heterocycles. The van der Waals surface area contributed by atoms with Gasteiger partial charge in [0.05, 0.1) is 5.02 Å². The minimum Gasteiger partial charge on any atom is -0.506 e. The van der Waals surface area contributed by atoms with E-state index in [1.165, 1.54) is 12.8 Å². The Bertz CT molecular complexity index is 362. The highest BCUT2D eigenvalue weighted by molar-refractivity contribution is 6.35. The maximum absolute atomic E-state index is 9.84. The lowest BCUT2D eigenvalue weighted by Gasteiger charge is -2.24. The Morgan fingerprint density at radius 1 is 1.27 bits per heavy atom. The topological polar surface area (TPSA) is 32.3 Å². The van der Waals surface area contributed by atoms with E-state index in [4.69, 9.17) is 23.2 Å². The van der Waals surface area contributed by atoms with Gasteiger partial charge in [0, 0.05) is 16.6 Å². The molecule has 1 aliphatic rings. The number of benzene rings is 1. The van der Waals surface area contributed by atoms with Crippen LogP contribution in [0.2, 0.25) is 10.0 Å². The van der Waals surface area contributed by atoms with Crippen molar-refractivity contribution in [2.75, 3.05) is 6.54 Å². The predicted molar refractivity (Wildman–Crippen MR) is 62.7 cm³/mol. The Morgan fingerprint density at radius 2 is 2.07 bits per heavy atom.